The van der Waals surface area contributed by atoms with Crippen molar-refractivity contribution in [1.82, 2.24) is 29.6 Å². The predicted octanol–water partition coefficient (Wildman–Crippen LogP) is 5.34. The molecule has 2 bridgehead atoms. The van der Waals surface area contributed by atoms with Crippen molar-refractivity contribution in [3.8, 4) is 5.69 Å². The van der Waals surface area contributed by atoms with Gasteiger partial charge in [0, 0.05) is 36.1 Å². The van der Waals surface area contributed by atoms with E-state index < -0.39 is 22.9 Å². The molecule has 0 amide bonds. The van der Waals surface area contributed by atoms with E-state index in [9.17, 15) is 17.6 Å². The molecule has 0 unspecified atom stereocenters. The highest BCUT2D eigenvalue weighted by molar-refractivity contribution is 6.30. The summed E-state index contributed by atoms with van der Waals surface area (Å²) in [6, 6.07) is 5.70. The summed E-state index contributed by atoms with van der Waals surface area (Å²) in [6.45, 7) is 3.98. The zero-order chi connectivity index (χ0) is 26.4. The predicted molar refractivity (Wildman–Crippen MR) is 132 cm³/mol. The average molecular weight is 548 g/mol. The molecule has 4 heterocycles. The van der Waals surface area contributed by atoms with Gasteiger partial charge in [-0.05, 0) is 62.8 Å². The number of alkyl halides is 3. The molecular weight excluding hydrogens is 522 g/mol. The molecule has 12 heteroatoms. The summed E-state index contributed by atoms with van der Waals surface area (Å²) in [5.74, 6) is 1.83. The molecule has 2 aromatic heterocycles. The summed E-state index contributed by atoms with van der Waals surface area (Å²) in [6.07, 6.45) is -0.928. The molecule has 4 fully saturated rings. The number of fused-ring (bicyclic) bond motifs is 3. The maximum Gasteiger partial charge on any atom is 0.394 e. The molecule has 0 N–H and O–H groups in total. The highest BCUT2D eigenvalue weighted by Crippen LogP contribution is 2.75. The van der Waals surface area contributed by atoms with E-state index in [2.05, 4.69) is 34.5 Å². The van der Waals surface area contributed by atoms with Gasteiger partial charge in [0.2, 0.25) is 5.95 Å². The number of benzene rings is 1. The summed E-state index contributed by atoms with van der Waals surface area (Å²) < 4.78 is 56.4. The van der Waals surface area contributed by atoms with Crippen LogP contribution in [0.1, 0.15) is 60.9 Å². The van der Waals surface area contributed by atoms with Gasteiger partial charge in [-0.25, -0.2) is 14.4 Å². The SMILES string of the molecule is Cc1nc(N2CCC(c3nnc4n3-c3ccc(Cl)cc3CN(C35CC(C(F)(F)F)(C3)C5)C4)CC2)ncc1F. The summed E-state index contributed by atoms with van der Waals surface area (Å²) in [7, 11) is 0. The second kappa shape index (κ2) is 8.11. The van der Waals surface area contributed by atoms with Crippen molar-refractivity contribution in [3.05, 3.63) is 58.1 Å². The van der Waals surface area contributed by atoms with Gasteiger partial charge in [-0.15, -0.1) is 10.2 Å². The molecule has 38 heavy (non-hydrogen) atoms. The van der Waals surface area contributed by atoms with Gasteiger partial charge in [0.25, 0.3) is 0 Å². The van der Waals surface area contributed by atoms with E-state index in [-0.39, 0.29) is 25.2 Å². The van der Waals surface area contributed by atoms with Gasteiger partial charge in [0.15, 0.2) is 11.6 Å². The quantitative estimate of drug-likeness (QED) is 0.412. The van der Waals surface area contributed by atoms with Crippen molar-refractivity contribution in [2.24, 2.45) is 5.41 Å². The monoisotopic (exact) mass is 547 g/mol. The number of hydrogen-bond donors (Lipinski definition) is 0. The molecular formula is C26H26ClF4N7. The summed E-state index contributed by atoms with van der Waals surface area (Å²) in [5.41, 5.74) is 0.259. The zero-order valence-electron chi connectivity index (χ0n) is 20.8. The fourth-order valence-corrected chi connectivity index (χ4v) is 7.12. The molecule has 7 nitrogen and oxygen atoms in total. The lowest BCUT2D eigenvalue weighted by Crippen LogP contribution is -2.78. The topological polar surface area (TPSA) is 63.0 Å². The van der Waals surface area contributed by atoms with Gasteiger partial charge in [-0.2, -0.15) is 13.2 Å². The van der Waals surface area contributed by atoms with E-state index in [0.29, 0.717) is 42.8 Å². The van der Waals surface area contributed by atoms with Crippen LogP contribution in [0.3, 0.4) is 0 Å². The third kappa shape index (κ3) is 3.50. The van der Waals surface area contributed by atoms with Crippen LogP contribution in [-0.4, -0.2) is 54.4 Å². The van der Waals surface area contributed by atoms with E-state index in [1.54, 1.807) is 6.92 Å². The first-order valence-electron chi connectivity index (χ1n) is 12.9. The highest BCUT2D eigenvalue weighted by Gasteiger charge is 2.79. The standard InChI is InChI=1S/C26H26ClF4N7/c1-15-19(28)9-32-23(33-15)36-6-4-16(5-7-36)22-35-34-21-11-37(25-12-24(13-25,14-25)26(29,30)31)10-17-8-18(27)2-3-20(17)38(21)22/h2-3,8-9,16H,4-7,10-14H2,1H3. The first kappa shape index (κ1) is 24.3. The van der Waals surface area contributed by atoms with Gasteiger partial charge in [0.1, 0.15) is 5.82 Å². The minimum atomic E-state index is -4.15. The van der Waals surface area contributed by atoms with E-state index in [4.69, 9.17) is 11.6 Å². The van der Waals surface area contributed by atoms with E-state index in [1.807, 2.05) is 18.2 Å². The first-order valence-corrected chi connectivity index (χ1v) is 13.2. The molecule has 0 radical (unpaired) electrons. The number of halogens is 5. The average Bonchev–Trinajstić information content (AvgIpc) is 3.14. The van der Waals surface area contributed by atoms with Gasteiger partial charge in [-0.3, -0.25) is 9.47 Å². The molecule has 0 atom stereocenters. The van der Waals surface area contributed by atoms with Crippen molar-refractivity contribution in [1.29, 1.82) is 0 Å². The van der Waals surface area contributed by atoms with E-state index in [1.165, 1.54) is 6.20 Å². The highest BCUT2D eigenvalue weighted by atomic mass is 35.5. The Kier molecular flexibility index (Phi) is 5.18. The second-order valence-corrected chi connectivity index (χ2v) is 11.8. The fraction of sp³-hybridized carbons (Fsp3) is 0.538. The number of hydrogen-bond acceptors (Lipinski definition) is 6. The number of rotatable bonds is 3. The molecule has 5 aliphatic rings. The van der Waals surface area contributed by atoms with Crippen LogP contribution in [0, 0.1) is 18.2 Å². The minimum absolute atomic E-state index is 0.132. The van der Waals surface area contributed by atoms with Crippen LogP contribution in [0.2, 0.25) is 5.02 Å². The lowest BCUT2D eigenvalue weighted by Gasteiger charge is -2.73. The first-order chi connectivity index (χ1) is 18.1. The number of aromatic nitrogens is 5. The number of piperidine rings is 1. The lowest BCUT2D eigenvalue weighted by molar-refractivity contribution is -0.364. The molecule has 1 saturated heterocycles. The van der Waals surface area contributed by atoms with Crippen molar-refractivity contribution < 1.29 is 17.6 Å². The summed E-state index contributed by atoms with van der Waals surface area (Å²) in [5, 5.41) is 9.75. The van der Waals surface area contributed by atoms with Crippen LogP contribution in [0.15, 0.2) is 24.4 Å². The Morgan fingerprint density at radius 3 is 2.47 bits per heavy atom. The zero-order valence-corrected chi connectivity index (χ0v) is 21.5. The largest absolute Gasteiger partial charge is 0.394 e. The van der Waals surface area contributed by atoms with Crippen LogP contribution in [0.4, 0.5) is 23.5 Å². The molecule has 0 spiro atoms. The number of nitrogens with zero attached hydrogens (tertiary/aromatic N) is 7. The van der Waals surface area contributed by atoms with Gasteiger partial charge < -0.3 is 4.90 Å². The Hall–Kier alpha value is -2.79. The summed E-state index contributed by atoms with van der Waals surface area (Å²) in [4.78, 5) is 12.7. The van der Waals surface area contributed by atoms with Gasteiger partial charge in [-0.1, -0.05) is 11.6 Å². The third-order valence-corrected chi connectivity index (χ3v) is 9.29. The molecule has 3 saturated carbocycles. The molecule has 2 aliphatic heterocycles. The minimum Gasteiger partial charge on any atom is -0.341 e. The summed E-state index contributed by atoms with van der Waals surface area (Å²) >= 11 is 6.37. The van der Waals surface area contributed by atoms with E-state index in [0.717, 1.165) is 35.7 Å². The van der Waals surface area contributed by atoms with Crippen LogP contribution in [-0.2, 0) is 13.1 Å². The van der Waals surface area contributed by atoms with Crippen molar-refractivity contribution in [2.75, 3.05) is 18.0 Å². The van der Waals surface area contributed by atoms with E-state index >= 15 is 0 Å². The maximum absolute atomic E-state index is 13.6. The normalized spacial score (nSPS) is 27.3. The Balaban J connectivity index is 1.17. The van der Waals surface area contributed by atoms with Crippen LogP contribution >= 0.6 is 11.6 Å². The smallest absolute Gasteiger partial charge is 0.341 e. The Bertz CT molecular complexity index is 1410. The number of anilines is 1. The fourth-order valence-electron chi connectivity index (χ4n) is 6.93. The molecule has 3 aliphatic carbocycles. The number of aryl methyl sites for hydroxylation is 1. The van der Waals surface area contributed by atoms with Gasteiger partial charge >= 0.3 is 6.18 Å². The Morgan fingerprint density at radius 2 is 1.79 bits per heavy atom. The molecule has 8 rings (SSSR count). The maximum atomic E-state index is 13.6. The molecule has 3 aromatic rings. The lowest BCUT2D eigenvalue weighted by atomic mass is 9.38. The molecule has 1 aromatic carbocycles. The van der Waals surface area contributed by atoms with Crippen molar-refractivity contribution >= 4 is 17.5 Å². The third-order valence-electron chi connectivity index (χ3n) is 9.06. The Labute approximate surface area is 221 Å². The van der Waals surface area contributed by atoms with Crippen molar-refractivity contribution in [3.63, 3.8) is 0 Å². The van der Waals surface area contributed by atoms with Crippen molar-refractivity contribution in [2.45, 2.75) is 69.8 Å². The van der Waals surface area contributed by atoms with Crippen LogP contribution < -0.4 is 4.90 Å². The second-order valence-electron chi connectivity index (χ2n) is 11.3. The van der Waals surface area contributed by atoms with Gasteiger partial charge in [0.05, 0.1) is 29.5 Å². The van der Waals surface area contributed by atoms with Crippen LogP contribution in [0.5, 0.6) is 0 Å². The molecule has 200 valence electrons. The van der Waals surface area contributed by atoms with Crippen LogP contribution in [0.25, 0.3) is 5.69 Å². The Morgan fingerprint density at radius 1 is 1.05 bits per heavy atom.